The van der Waals surface area contributed by atoms with Crippen molar-refractivity contribution in [2.24, 2.45) is 5.73 Å². The number of hydrogen-bond donors (Lipinski definition) is 1. The second-order valence-electron chi connectivity index (χ2n) is 1.96. The van der Waals surface area contributed by atoms with Crippen LogP contribution in [0, 0.1) is 6.92 Å². The molecule has 0 spiro atoms. The topological polar surface area (TPSA) is 64.9 Å². The number of rotatable bonds is 1. The summed E-state index contributed by atoms with van der Waals surface area (Å²) in [6, 6.07) is -0.137. The fourth-order valence-electron chi connectivity index (χ4n) is 0.500. The van der Waals surface area contributed by atoms with Crippen molar-refractivity contribution >= 4 is 0 Å². The zero-order valence-electron chi connectivity index (χ0n) is 5.46. The Balaban J connectivity index is 2.85. The molecule has 1 aromatic rings. The predicted octanol–water partition coefficient (Wildman–Crippen LogP) is 0.398. The van der Waals surface area contributed by atoms with E-state index in [4.69, 9.17) is 5.73 Å². The van der Waals surface area contributed by atoms with E-state index in [1.807, 2.05) is 6.92 Å². The molecule has 0 aromatic carbocycles. The van der Waals surface area contributed by atoms with Crippen molar-refractivity contribution in [3.63, 3.8) is 0 Å². The van der Waals surface area contributed by atoms with Crippen LogP contribution < -0.4 is 5.73 Å². The van der Waals surface area contributed by atoms with E-state index in [-0.39, 0.29) is 6.04 Å². The maximum absolute atomic E-state index is 5.44. The number of hydrogen-bond acceptors (Lipinski definition) is 4. The Morgan fingerprint density at radius 2 is 2.33 bits per heavy atom. The van der Waals surface area contributed by atoms with E-state index in [0.29, 0.717) is 11.7 Å². The molecule has 0 fully saturated rings. The van der Waals surface area contributed by atoms with Gasteiger partial charge in [-0.05, 0) is 6.92 Å². The van der Waals surface area contributed by atoms with Gasteiger partial charge in [-0.2, -0.15) is 4.98 Å². The van der Waals surface area contributed by atoms with Crippen molar-refractivity contribution in [2.45, 2.75) is 19.9 Å². The first-order valence-corrected chi connectivity index (χ1v) is 2.76. The molecule has 2 N–H and O–H groups in total. The van der Waals surface area contributed by atoms with Gasteiger partial charge in [0.15, 0.2) is 5.82 Å². The number of aryl methyl sites for hydroxylation is 1. The van der Waals surface area contributed by atoms with Crippen molar-refractivity contribution in [2.75, 3.05) is 0 Å². The second kappa shape index (κ2) is 2.14. The lowest BCUT2D eigenvalue weighted by Gasteiger charge is -1.91. The van der Waals surface area contributed by atoms with Crippen LogP contribution in [-0.2, 0) is 0 Å². The molecule has 0 saturated carbocycles. The third-order valence-electron chi connectivity index (χ3n) is 0.951. The van der Waals surface area contributed by atoms with Crippen LogP contribution in [0.3, 0.4) is 0 Å². The Bertz CT molecular complexity index is 194. The van der Waals surface area contributed by atoms with Gasteiger partial charge in [0.2, 0.25) is 5.89 Å². The molecular formula is C5H9N3O. The van der Waals surface area contributed by atoms with Gasteiger partial charge in [0.1, 0.15) is 0 Å². The summed E-state index contributed by atoms with van der Waals surface area (Å²) in [5.41, 5.74) is 5.44. The highest BCUT2D eigenvalue weighted by molar-refractivity contribution is 4.88. The van der Waals surface area contributed by atoms with E-state index >= 15 is 0 Å². The summed E-state index contributed by atoms with van der Waals surface area (Å²) < 4.78 is 4.68. The minimum absolute atomic E-state index is 0.137. The summed E-state index contributed by atoms with van der Waals surface area (Å²) in [6.07, 6.45) is 0. The van der Waals surface area contributed by atoms with Gasteiger partial charge in [-0.1, -0.05) is 5.16 Å². The minimum Gasteiger partial charge on any atom is -0.340 e. The molecule has 0 amide bonds. The molecule has 50 valence electrons. The Morgan fingerprint density at radius 3 is 2.56 bits per heavy atom. The van der Waals surface area contributed by atoms with Crippen molar-refractivity contribution in [3.05, 3.63) is 11.7 Å². The average Bonchev–Trinajstić information content (AvgIpc) is 2.14. The molecule has 0 aliphatic heterocycles. The molecule has 0 bridgehead atoms. The Labute approximate surface area is 53.1 Å². The molecule has 1 rings (SSSR count). The van der Waals surface area contributed by atoms with Crippen LogP contribution in [0.1, 0.15) is 24.7 Å². The monoisotopic (exact) mass is 127 g/mol. The van der Waals surface area contributed by atoms with Crippen LogP contribution in [0.25, 0.3) is 0 Å². The van der Waals surface area contributed by atoms with Gasteiger partial charge in [0.05, 0.1) is 6.04 Å². The molecule has 0 unspecified atom stereocenters. The number of aromatic nitrogens is 2. The summed E-state index contributed by atoms with van der Waals surface area (Å²) in [4.78, 5) is 3.91. The Kier molecular flexibility index (Phi) is 1.48. The molecule has 0 aliphatic rings. The standard InChI is InChI=1S/C5H9N3O/c1-3(6)5-7-4(2)9-8-5/h3H,6H2,1-2H3/t3-/m0/s1. The fraction of sp³-hybridized carbons (Fsp3) is 0.600. The van der Waals surface area contributed by atoms with Crippen LogP contribution in [0.5, 0.6) is 0 Å². The van der Waals surface area contributed by atoms with Gasteiger partial charge in [0, 0.05) is 6.92 Å². The molecule has 9 heavy (non-hydrogen) atoms. The second-order valence-corrected chi connectivity index (χ2v) is 1.96. The molecule has 4 nitrogen and oxygen atoms in total. The fourth-order valence-corrected chi connectivity index (χ4v) is 0.500. The lowest BCUT2D eigenvalue weighted by Crippen LogP contribution is -2.06. The van der Waals surface area contributed by atoms with Crippen LogP contribution >= 0.6 is 0 Å². The first-order chi connectivity index (χ1) is 4.20. The summed E-state index contributed by atoms with van der Waals surface area (Å²) in [5, 5.41) is 3.60. The van der Waals surface area contributed by atoms with Crippen LogP contribution in [0.4, 0.5) is 0 Å². The molecule has 0 radical (unpaired) electrons. The molecule has 0 saturated heterocycles. The third kappa shape index (κ3) is 1.26. The van der Waals surface area contributed by atoms with Gasteiger partial charge in [-0.15, -0.1) is 0 Å². The van der Waals surface area contributed by atoms with E-state index in [1.54, 1.807) is 6.92 Å². The smallest absolute Gasteiger partial charge is 0.223 e. The average molecular weight is 127 g/mol. The number of nitrogens with two attached hydrogens (primary N) is 1. The van der Waals surface area contributed by atoms with E-state index in [0.717, 1.165) is 0 Å². The largest absolute Gasteiger partial charge is 0.340 e. The van der Waals surface area contributed by atoms with E-state index < -0.39 is 0 Å². The van der Waals surface area contributed by atoms with E-state index in [1.165, 1.54) is 0 Å². The first-order valence-electron chi connectivity index (χ1n) is 2.76. The van der Waals surface area contributed by atoms with Crippen molar-refractivity contribution in [1.82, 2.24) is 10.1 Å². The van der Waals surface area contributed by atoms with E-state index in [9.17, 15) is 0 Å². The van der Waals surface area contributed by atoms with Crippen LogP contribution in [0.2, 0.25) is 0 Å². The zero-order valence-corrected chi connectivity index (χ0v) is 5.46. The number of nitrogens with zero attached hydrogens (tertiary/aromatic N) is 2. The highest BCUT2D eigenvalue weighted by Gasteiger charge is 2.05. The normalized spacial score (nSPS) is 13.7. The lowest BCUT2D eigenvalue weighted by atomic mass is 10.3. The quantitative estimate of drug-likeness (QED) is 0.593. The van der Waals surface area contributed by atoms with Gasteiger partial charge in [-0.3, -0.25) is 0 Å². The van der Waals surface area contributed by atoms with Gasteiger partial charge in [0.25, 0.3) is 0 Å². The van der Waals surface area contributed by atoms with Crippen molar-refractivity contribution < 1.29 is 4.52 Å². The minimum atomic E-state index is -0.137. The van der Waals surface area contributed by atoms with Crippen molar-refractivity contribution in [3.8, 4) is 0 Å². The highest BCUT2D eigenvalue weighted by atomic mass is 16.5. The maximum atomic E-state index is 5.44. The molecule has 1 aromatic heterocycles. The van der Waals surface area contributed by atoms with Crippen LogP contribution in [0.15, 0.2) is 4.52 Å². The molecule has 0 aliphatic carbocycles. The Morgan fingerprint density at radius 1 is 1.67 bits per heavy atom. The molecular weight excluding hydrogens is 118 g/mol. The van der Waals surface area contributed by atoms with E-state index in [2.05, 4.69) is 14.7 Å². The van der Waals surface area contributed by atoms with Gasteiger partial charge >= 0.3 is 0 Å². The van der Waals surface area contributed by atoms with Crippen molar-refractivity contribution in [1.29, 1.82) is 0 Å². The summed E-state index contributed by atoms with van der Waals surface area (Å²) in [7, 11) is 0. The Hall–Kier alpha value is -0.900. The molecule has 1 heterocycles. The first kappa shape index (κ1) is 6.22. The zero-order chi connectivity index (χ0) is 6.85. The van der Waals surface area contributed by atoms with Gasteiger partial charge in [-0.25, -0.2) is 0 Å². The van der Waals surface area contributed by atoms with Gasteiger partial charge < -0.3 is 10.3 Å². The molecule has 1 atom stereocenters. The summed E-state index contributed by atoms with van der Waals surface area (Å²) in [6.45, 7) is 3.54. The maximum Gasteiger partial charge on any atom is 0.223 e. The SMILES string of the molecule is Cc1nc([C@H](C)N)no1. The summed E-state index contributed by atoms with van der Waals surface area (Å²) >= 11 is 0. The lowest BCUT2D eigenvalue weighted by molar-refractivity contribution is 0.384. The predicted molar refractivity (Wildman–Crippen MR) is 31.6 cm³/mol. The molecule has 4 heteroatoms. The highest BCUT2D eigenvalue weighted by Crippen LogP contribution is 2.02. The summed E-state index contributed by atoms with van der Waals surface area (Å²) in [5.74, 6) is 1.12. The third-order valence-corrected chi connectivity index (χ3v) is 0.951. The van der Waals surface area contributed by atoms with Crippen LogP contribution in [-0.4, -0.2) is 10.1 Å².